The Labute approximate surface area is 124 Å². The van der Waals surface area contributed by atoms with Gasteiger partial charge in [0.25, 0.3) is 0 Å². The minimum Gasteiger partial charge on any atom is -0.368 e. The molecule has 0 aromatic heterocycles. The molecule has 0 saturated carbocycles. The van der Waals surface area contributed by atoms with Gasteiger partial charge in [0.2, 0.25) is 5.91 Å². The van der Waals surface area contributed by atoms with Crippen molar-refractivity contribution in [3.8, 4) is 0 Å². The first-order chi connectivity index (χ1) is 9.67. The van der Waals surface area contributed by atoms with Gasteiger partial charge in [-0.2, -0.15) is 0 Å². The fourth-order valence-corrected chi connectivity index (χ4v) is 3.27. The van der Waals surface area contributed by atoms with Crippen molar-refractivity contribution in [1.29, 1.82) is 0 Å². The number of carbonyl (C=O) groups excluding carboxylic acids is 1. The van der Waals surface area contributed by atoms with Crippen LogP contribution in [0, 0.1) is 0 Å². The monoisotopic (exact) mass is 283 g/mol. The van der Waals surface area contributed by atoms with Gasteiger partial charge in [-0.15, -0.1) is 0 Å². The molecule has 0 spiro atoms. The van der Waals surface area contributed by atoms with E-state index in [1.54, 1.807) is 0 Å². The third-order valence-corrected chi connectivity index (χ3v) is 4.57. The minimum atomic E-state index is -0.396. The molecule has 0 aromatic rings. The summed E-state index contributed by atoms with van der Waals surface area (Å²) < 4.78 is 0. The molecule has 1 amide bonds. The predicted octanol–water partition coefficient (Wildman–Crippen LogP) is 2.28. The standard InChI is InChI=1S/C16H33N3O/c1-3-5-7-9-16(15(17)20,10-8-6-4-2)19-13-11-18-12-14-19/h18H,3-14H2,1-2H3,(H2,17,20). The number of rotatable bonds is 10. The van der Waals surface area contributed by atoms with Crippen LogP contribution in [0.2, 0.25) is 0 Å². The molecule has 0 aliphatic carbocycles. The summed E-state index contributed by atoms with van der Waals surface area (Å²) in [6.07, 6.45) is 8.82. The zero-order chi connectivity index (χ0) is 14.8. The normalized spacial score (nSPS) is 17.3. The number of nitrogens with zero attached hydrogens (tertiary/aromatic N) is 1. The van der Waals surface area contributed by atoms with E-state index < -0.39 is 5.54 Å². The summed E-state index contributed by atoms with van der Waals surface area (Å²) in [5.74, 6) is -0.105. The average molecular weight is 283 g/mol. The number of hydrogen-bond donors (Lipinski definition) is 2. The fourth-order valence-electron chi connectivity index (χ4n) is 3.27. The molecular formula is C16H33N3O. The van der Waals surface area contributed by atoms with E-state index in [9.17, 15) is 4.79 Å². The van der Waals surface area contributed by atoms with Gasteiger partial charge in [-0.1, -0.05) is 52.4 Å². The molecule has 1 saturated heterocycles. The van der Waals surface area contributed by atoms with Crippen LogP contribution in [0.15, 0.2) is 0 Å². The number of hydrogen-bond acceptors (Lipinski definition) is 3. The molecule has 0 atom stereocenters. The van der Waals surface area contributed by atoms with Crippen molar-refractivity contribution < 1.29 is 4.79 Å². The quantitative estimate of drug-likeness (QED) is 0.605. The lowest BCUT2D eigenvalue weighted by Gasteiger charge is -2.44. The van der Waals surface area contributed by atoms with Crippen molar-refractivity contribution in [3.05, 3.63) is 0 Å². The van der Waals surface area contributed by atoms with E-state index in [1.807, 2.05) is 0 Å². The Hall–Kier alpha value is -0.610. The van der Waals surface area contributed by atoms with Crippen LogP contribution >= 0.6 is 0 Å². The van der Waals surface area contributed by atoms with Crippen molar-refractivity contribution in [2.45, 2.75) is 70.8 Å². The molecule has 4 nitrogen and oxygen atoms in total. The van der Waals surface area contributed by atoms with Gasteiger partial charge in [0.05, 0.1) is 0 Å². The molecule has 1 heterocycles. The van der Waals surface area contributed by atoms with Crippen LogP contribution in [0.5, 0.6) is 0 Å². The topological polar surface area (TPSA) is 58.4 Å². The highest BCUT2D eigenvalue weighted by molar-refractivity contribution is 5.84. The molecule has 1 aliphatic heterocycles. The summed E-state index contributed by atoms with van der Waals surface area (Å²) >= 11 is 0. The zero-order valence-electron chi connectivity index (χ0n) is 13.4. The Morgan fingerprint density at radius 1 is 1.05 bits per heavy atom. The van der Waals surface area contributed by atoms with Crippen LogP contribution in [0.25, 0.3) is 0 Å². The van der Waals surface area contributed by atoms with Crippen molar-refractivity contribution >= 4 is 5.91 Å². The molecule has 3 N–H and O–H groups in total. The van der Waals surface area contributed by atoms with Gasteiger partial charge in [-0.05, 0) is 12.8 Å². The van der Waals surface area contributed by atoms with Crippen LogP contribution in [-0.4, -0.2) is 42.5 Å². The highest BCUT2D eigenvalue weighted by Crippen LogP contribution is 2.29. The van der Waals surface area contributed by atoms with Crippen molar-refractivity contribution in [3.63, 3.8) is 0 Å². The number of nitrogens with one attached hydrogen (secondary N) is 1. The summed E-state index contributed by atoms with van der Waals surface area (Å²) in [4.78, 5) is 14.6. The average Bonchev–Trinajstić information content (AvgIpc) is 2.46. The zero-order valence-corrected chi connectivity index (χ0v) is 13.4. The first-order valence-corrected chi connectivity index (χ1v) is 8.43. The van der Waals surface area contributed by atoms with E-state index in [2.05, 4.69) is 24.1 Å². The van der Waals surface area contributed by atoms with Gasteiger partial charge in [-0.25, -0.2) is 0 Å². The van der Waals surface area contributed by atoms with E-state index in [4.69, 9.17) is 5.73 Å². The third-order valence-electron chi connectivity index (χ3n) is 4.57. The highest BCUT2D eigenvalue weighted by Gasteiger charge is 2.41. The number of carbonyl (C=O) groups is 1. The second-order valence-corrected chi connectivity index (χ2v) is 6.05. The Balaban J connectivity index is 2.76. The molecule has 1 fully saturated rings. The molecule has 0 aromatic carbocycles. The number of amides is 1. The third kappa shape index (κ3) is 4.74. The fraction of sp³-hybridized carbons (Fsp3) is 0.938. The molecular weight excluding hydrogens is 250 g/mol. The molecule has 4 heteroatoms. The maximum atomic E-state index is 12.3. The summed E-state index contributed by atoms with van der Waals surface area (Å²) in [7, 11) is 0. The van der Waals surface area contributed by atoms with Gasteiger partial charge < -0.3 is 11.1 Å². The Morgan fingerprint density at radius 3 is 1.95 bits per heavy atom. The van der Waals surface area contributed by atoms with Crippen LogP contribution in [-0.2, 0) is 4.79 Å². The molecule has 1 rings (SSSR count). The van der Waals surface area contributed by atoms with Gasteiger partial charge in [0.1, 0.15) is 5.54 Å². The number of primary amides is 1. The van der Waals surface area contributed by atoms with Crippen LogP contribution in [0.4, 0.5) is 0 Å². The second-order valence-electron chi connectivity index (χ2n) is 6.05. The largest absolute Gasteiger partial charge is 0.368 e. The predicted molar refractivity (Wildman–Crippen MR) is 84.7 cm³/mol. The summed E-state index contributed by atoms with van der Waals surface area (Å²) in [5.41, 5.74) is 5.47. The number of unbranched alkanes of at least 4 members (excludes halogenated alkanes) is 4. The molecule has 0 radical (unpaired) electrons. The Bertz CT molecular complexity index is 265. The second kappa shape index (κ2) is 9.35. The highest BCUT2D eigenvalue weighted by atomic mass is 16.1. The first kappa shape index (κ1) is 17.4. The van der Waals surface area contributed by atoms with E-state index in [1.165, 1.54) is 25.7 Å². The number of piperazine rings is 1. The lowest BCUT2D eigenvalue weighted by atomic mass is 9.83. The van der Waals surface area contributed by atoms with E-state index in [-0.39, 0.29) is 5.91 Å². The smallest absolute Gasteiger partial charge is 0.237 e. The molecule has 118 valence electrons. The molecule has 20 heavy (non-hydrogen) atoms. The van der Waals surface area contributed by atoms with E-state index in [0.717, 1.165) is 51.9 Å². The minimum absolute atomic E-state index is 0.105. The van der Waals surface area contributed by atoms with Gasteiger partial charge >= 0.3 is 0 Å². The van der Waals surface area contributed by atoms with Crippen LogP contribution in [0.1, 0.15) is 65.2 Å². The Kier molecular flexibility index (Phi) is 8.15. The van der Waals surface area contributed by atoms with E-state index in [0.29, 0.717) is 0 Å². The molecule has 1 aliphatic rings. The summed E-state index contributed by atoms with van der Waals surface area (Å²) in [5, 5.41) is 3.37. The van der Waals surface area contributed by atoms with Crippen molar-refractivity contribution in [1.82, 2.24) is 10.2 Å². The lowest BCUT2D eigenvalue weighted by Crippen LogP contribution is -2.62. The van der Waals surface area contributed by atoms with Gasteiger partial charge in [0, 0.05) is 26.2 Å². The maximum Gasteiger partial charge on any atom is 0.237 e. The Morgan fingerprint density at radius 2 is 1.55 bits per heavy atom. The van der Waals surface area contributed by atoms with Crippen LogP contribution in [0.3, 0.4) is 0 Å². The van der Waals surface area contributed by atoms with Crippen molar-refractivity contribution in [2.75, 3.05) is 26.2 Å². The van der Waals surface area contributed by atoms with Gasteiger partial charge in [-0.3, -0.25) is 9.69 Å². The maximum absolute atomic E-state index is 12.3. The van der Waals surface area contributed by atoms with Crippen LogP contribution < -0.4 is 11.1 Å². The van der Waals surface area contributed by atoms with E-state index >= 15 is 0 Å². The van der Waals surface area contributed by atoms with Crippen molar-refractivity contribution in [2.24, 2.45) is 5.73 Å². The lowest BCUT2D eigenvalue weighted by molar-refractivity contribution is -0.132. The SMILES string of the molecule is CCCCCC(CCCCC)(C(N)=O)N1CCNCC1. The number of nitrogens with two attached hydrogens (primary N) is 1. The molecule has 0 bridgehead atoms. The summed E-state index contributed by atoms with van der Waals surface area (Å²) in [6, 6.07) is 0. The molecule has 0 unspecified atom stereocenters. The first-order valence-electron chi connectivity index (χ1n) is 8.43. The van der Waals surface area contributed by atoms with Gasteiger partial charge in [0.15, 0.2) is 0 Å². The summed E-state index contributed by atoms with van der Waals surface area (Å²) in [6.45, 7) is 8.23.